The molecule has 0 amide bonds. The van der Waals surface area contributed by atoms with E-state index >= 15 is 0 Å². The zero-order valence-electron chi connectivity index (χ0n) is 11.8. The average Bonchev–Trinajstić information content (AvgIpc) is 2.50. The summed E-state index contributed by atoms with van der Waals surface area (Å²) in [5.41, 5.74) is 3.91. The summed E-state index contributed by atoms with van der Waals surface area (Å²) < 4.78 is 0. The Balaban J connectivity index is 1.64. The summed E-state index contributed by atoms with van der Waals surface area (Å²) in [5.74, 6) is 0.830. The van der Waals surface area contributed by atoms with Gasteiger partial charge < -0.3 is 0 Å². The Bertz CT molecular complexity index is 587. The minimum atomic E-state index is 0.830. The van der Waals surface area contributed by atoms with Crippen LogP contribution in [0.25, 0.3) is 5.57 Å². The number of rotatable bonds is 3. The predicted molar refractivity (Wildman–Crippen MR) is 81.1 cm³/mol. The molecule has 0 saturated carbocycles. The number of hydrogen-bond acceptors (Lipinski definition) is 3. The molecule has 0 bridgehead atoms. The molecule has 3 nitrogen and oxygen atoms in total. The summed E-state index contributed by atoms with van der Waals surface area (Å²) in [6.45, 7) is 5.03. The Hall–Kier alpha value is -2.00. The third kappa shape index (κ3) is 3.11. The Kier molecular flexibility index (Phi) is 3.88. The van der Waals surface area contributed by atoms with Gasteiger partial charge in [-0.2, -0.15) is 0 Å². The number of benzene rings is 1. The lowest BCUT2D eigenvalue weighted by Gasteiger charge is -2.26. The molecule has 1 aliphatic heterocycles. The minimum Gasteiger partial charge on any atom is -0.295 e. The highest BCUT2D eigenvalue weighted by atomic mass is 15.1. The molecule has 102 valence electrons. The molecule has 2 heterocycles. The average molecular weight is 265 g/mol. The lowest BCUT2D eigenvalue weighted by molar-refractivity contribution is 0.294. The highest BCUT2D eigenvalue weighted by Crippen LogP contribution is 2.22. The van der Waals surface area contributed by atoms with Crippen molar-refractivity contribution in [2.45, 2.75) is 19.9 Å². The molecule has 0 radical (unpaired) electrons. The van der Waals surface area contributed by atoms with E-state index in [0.29, 0.717) is 0 Å². The molecular weight excluding hydrogens is 246 g/mol. The molecule has 0 saturated heterocycles. The Morgan fingerprint density at radius 1 is 1.10 bits per heavy atom. The first-order chi connectivity index (χ1) is 9.81. The van der Waals surface area contributed by atoms with Crippen LogP contribution in [0.3, 0.4) is 0 Å². The molecule has 0 fully saturated rings. The topological polar surface area (TPSA) is 29.0 Å². The van der Waals surface area contributed by atoms with E-state index in [0.717, 1.165) is 37.4 Å². The molecule has 3 rings (SSSR count). The summed E-state index contributed by atoms with van der Waals surface area (Å²) in [6.07, 6.45) is 7.24. The van der Waals surface area contributed by atoms with Crippen LogP contribution >= 0.6 is 0 Å². The van der Waals surface area contributed by atoms with Crippen molar-refractivity contribution < 1.29 is 0 Å². The van der Waals surface area contributed by atoms with Crippen molar-refractivity contribution in [1.82, 2.24) is 14.9 Å². The monoisotopic (exact) mass is 265 g/mol. The first-order valence-electron chi connectivity index (χ1n) is 7.05. The second-order valence-electron chi connectivity index (χ2n) is 5.22. The van der Waals surface area contributed by atoms with Crippen molar-refractivity contribution in [1.29, 1.82) is 0 Å². The summed E-state index contributed by atoms with van der Waals surface area (Å²) in [7, 11) is 0. The maximum atomic E-state index is 4.28. The second kappa shape index (κ2) is 5.97. The van der Waals surface area contributed by atoms with Gasteiger partial charge >= 0.3 is 0 Å². The molecule has 0 aliphatic carbocycles. The van der Waals surface area contributed by atoms with Gasteiger partial charge in [0.1, 0.15) is 5.82 Å². The molecule has 0 atom stereocenters. The Morgan fingerprint density at radius 3 is 2.50 bits per heavy atom. The van der Waals surface area contributed by atoms with Gasteiger partial charge in [0, 0.05) is 37.6 Å². The molecule has 2 aromatic rings. The fourth-order valence-electron chi connectivity index (χ4n) is 2.52. The Labute approximate surface area is 120 Å². The first-order valence-corrected chi connectivity index (χ1v) is 7.05. The number of aryl methyl sites for hydroxylation is 1. The second-order valence-corrected chi connectivity index (χ2v) is 5.22. The van der Waals surface area contributed by atoms with Crippen LogP contribution in [0.2, 0.25) is 0 Å². The van der Waals surface area contributed by atoms with E-state index in [9.17, 15) is 0 Å². The van der Waals surface area contributed by atoms with Crippen LogP contribution < -0.4 is 0 Å². The molecule has 1 aromatic carbocycles. The van der Waals surface area contributed by atoms with E-state index in [4.69, 9.17) is 0 Å². The van der Waals surface area contributed by atoms with Gasteiger partial charge in [-0.1, -0.05) is 36.4 Å². The van der Waals surface area contributed by atoms with E-state index in [-0.39, 0.29) is 0 Å². The predicted octanol–water partition coefficient (Wildman–Crippen LogP) is 3.07. The maximum absolute atomic E-state index is 4.28. The van der Waals surface area contributed by atoms with Crippen molar-refractivity contribution in [2.75, 3.05) is 13.1 Å². The van der Waals surface area contributed by atoms with E-state index in [1.807, 2.05) is 19.3 Å². The molecule has 1 aromatic heterocycles. The highest BCUT2D eigenvalue weighted by Gasteiger charge is 2.13. The largest absolute Gasteiger partial charge is 0.295 e. The first kappa shape index (κ1) is 13.0. The van der Waals surface area contributed by atoms with E-state index in [2.05, 4.69) is 51.3 Å². The molecule has 3 heteroatoms. The normalized spacial score (nSPS) is 15.9. The van der Waals surface area contributed by atoms with Crippen LogP contribution in [-0.4, -0.2) is 28.0 Å². The zero-order chi connectivity index (χ0) is 13.8. The SMILES string of the molecule is Cc1ncc(C2=CCN(Cc3ccccc3)CC2)cn1. The maximum Gasteiger partial charge on any atom is 0.125 e. The third-order valence-electron chi connectivity index (χ3n) is 3.69. The van der Waals surface area contributed by atoms with Crippen LogP contribution in [-0.2, 0) is 6.54 Å². The fraction of sp³-hybridized carbons (Fsp3) is 0.294. The fourth-order valence-corrected chi connectivity index (χ4v) is 2.52. The van der Waals surface area contributed by atoms with Crippen LogP contribution in [0, 0.1) is 6.92 Å². The minimum absolute atomic E-state index is 0.830. The zero-order valence-corrected chi connectivity index (χ0v) is 11.8. The van der Waals surface area contributed by atoms with Gasteiger partial charge in [0.25, 0.3) is 0 Å². The Morgan fingerprint density at radius 2 is 1.85 bits per heavy atom. The van der Waals surface area contributed by atoms with Crippen molar-refractivity contribution in [3.05, 3.63) is 65.8 Å². The standard InChI is InChI=1S/C17H19N3/c1-14-18-11-17(12-19-14)16-7-9-20(10-8-16)13-15-5-3-2-4-6-15/h2-7,11-12H,8-10,13H2,1H3. The highest BCUT2D eigenvalue weighted by molar-refractivity contribution is 5.65. The summed E-state index contributed by atoms with van der Waals surface area (Å²) in [5, 5.41) is 0. The van der Waals surface area contributed by atoms with E-state index < -0.39 is 0 Å². The lowest BCUT2D eigenvalue weighted by atomic mass is 10.0. The number of nitrogens with zero attached hydrogens (tertiary/aromatic N) is 3. The van der Waals surface area contributed by atoms with Crippen LogP contribution in [0.15, 0.2) is 48.8 Å². The third-order valence-corrected chi connectivity index (χ3v) is 3.69. The number of aromatic nitrogens is 2. The van der Waals surface area contributed by atoms with Gasteiger partial charge in [-0.3, -0.25) is 4.90 Å². The number of hydrogen-bond donors (Lipinski definition) is 0. The van der Waals surface area contributed by atoms with Crippen LogP contribution in [0.5, 0.6) is 0 Å². The molecular formula is C17H19N3. The van der Waals surface area contributed by atoms with Gasteiger partial charge in [-0.05, 0) is 24.5 Å². The van der Waals surface area contributed by atoms with Gasteiger partial charge in [0.15, 0.2) is 0 Å². The van der Waals surface area contributed by atoms with Gasteiger partial charge in [0.05, 0.1) is 0 Å². The van der Waals surface area contributed by atoms with Crippen LogP contribution in [0.4, 0.5) is 0 Å². The van der Waals surface area contributed by atoms with Crippen molar-refractivity contribution in [3.8, 4) is 0 Å². The van der Waals surface area contributed by atoms with E-state index in [1.165, 1.54) is 11.1 Å². The molecule has 0 N–H and O–H groups in total. The summed E-state index contributed by atoms with van der Waals surface area (Å²) in [6, 6.07) is 10.6. The molecule has 20 heavy (non-hydrogen) atoms. The lowest BCUT2D eigenvalue weighted by Crippen LogP contribution is -2.28. The van der Waals surface area contributed by atoms with Crippen LogP contribution in [0.1, 0.15) is 23.4 Å². The smallest absolute Gasteiger partial charge is 0.125 e. The van der Waals surface area contributed by atoms with Crippen molar-refractivity contribution in [3.63, 3.8) is 0 Å². The molecule has 0 spiro atoms. The summed E-state index contributed by atoms with van der Waals surface area (Å²) >= 11 is 0. The van der Waals surface area contributed by atoms with Gasteiger partial charge in [0.2, 0.25) is 0 Å². The molecule has 0 unspecified atom stereocenters. The van der Waals surface area contributed by atoms with Gasteiger partial charge in [-0.15, -0.1) is 0 Å². The van der Waals surface area contributed by atoms with Crippen molar-refractivity contribution in [2.24, 2.45) is 0 Å². The van der Waals surface area contributed by atoms with Crippen molar-refractivity contribution >= 4 is 5.57 Å². The van der Waals surface area contributed by atoms with Gasteiger partial charge in [-0.25, -0.2) is 9.97 Å². The quantitative estimate of drug-likeness (QED) is 0.854. The molecule has 1 aliphatic rings. The summed E-state index contributed by atoms with van der Waals surface area (Å²) in [4.78, 5) is 11.0. The van der Waals surface area contributed by atoms with E-state index in [1.54, 1.807) is 0 Å².